The fourth-order valence-electron chi connectivity index (χ4n) is 0.365. The highest BCUT2D eigenvalue weighted by molar-refractivity contribution is 8.00. The topological polar surface area (TPSA) is 89.3 Å². The van der Waals surface area contributed by atoms with E-state index in [4.69, 9.17) is 16.6 Å². The first-order chi connectivity index (χ1) is 4.68. The Hall–Kier alpha value is -0.260. The van der Waals surface area contributed by atoms with Crippen molar-refractivity contribution in [2.45, 2.75) is 11.8 Å². The number of thioether (sulfide) groups is 1. The van der Waals surface area contributed by atoms with Crippen LogP contribution < -0.4 is 11.5 Å². The normalized spacial score (nSPS) is 13.0. The molecule has 0 aromatic heterocycles. The van der Waals surface area contributed by atoms with E-state index in [2.05, 4.69) is 0 Å². The second-order valence-electron chi connectivity index (χ2n) is 1.77. The summed E-state index contributed by atoms with van der Waals surface area (Å²) in [6.07, 6.45) is 0.811. The van der Waals surface area contributed by atoms with E-state index in [-0.39, 0.29) is 0 Å². The minimum absolute atomic E-state index is 0.583. The van der Waals surface area contributed by atoms with Crippen LogP contribution in [0, 0.1) is 0 Å². The Balaban J connectivity index is 3.21. The van der Waals surface area contributed by atoms with Crippen molar-refractivity contribution in [2.24, 2.45) is 11.5 Å². The lowest BCUT2D eigenvalue weighted by molar-refractivity contribution is -0.136. The van der Waals surface area contributed by atoms with Crippen LogP contribution in [0.4, 0.5) is 0 Å². The first-order valence-corrected chi connectivity index (χ1v) is 4.03. The van der Waals surface area contributed by atoms with Gasteiger partial charge in [-0.1, -0.05) is 0 Å². The minimum Gasteiger partial charge on any atom is -0.479 e. The molecule has 0 fully saturated rings. The van der Waals surface area contributed by atoms with Crippen LogP contribution in [-0.2, 0) is 4.79 Å². The Morgan fingerprint density at radius 2 is 2.30 bits per heavy atom. The van der Waals surface area contributed by atoms with Gasteiger partial charge in [-0.05, 0) is 18.7 Å². The Morgan fingerprint density at radius 1 is 1.70 bits per heavy atom. The highest BCUT2D eigenvalue weighted by atomic mass is 32.2. The van der Waals surface area contributed by atoms with Crippen molar-refractivity contribution in [1.29, 1.82) is 0 Å². The van der Waals surface area contributed by atoms with Gasteiger partial charge in [-0.25, -0.2) is 4.79 Å². The Kier molecular flexibility index (Phi) is 5.38. The molecule has 0 radical (unpaired) electrons. The molecular weight excluding hydrogens is 152 g/mol. The van der Waals surface area contributed by atoms with Crippen molar-refractivity contribution in [3.05, 3.63) is 0 Å². The molecule has 4 nitrogen and oxygen atoms in total. The van der Waals surface area contributed by atoms with E-state index in [1.54, 1.807) is 0 Å². The maximum absolute atomic E-state index is 10.1. The Bertz CT molecular complexity index is 110. The predicted molar refractivity (Wildman–Crippen MR) is 41.7 cm³/mol. The molecule has 5 heteroatoms. The van der Waals surface area contributed by atoms with Crippen LogP contribution in [-0.4, -0.2) is 28.7 Å². The average Bonchev–Trinajstić information content (AvgIpc) is 1.88. The van der Waals surface area contributed by atoms with E-state index in [1.165, 1.54) is 11.8 Å². The van der Waals surface area contributed by atoms with Crippen molar-refractivity contribution in [3.63, 3.8) is 0 Å². The van der Waals surface area contributed by atoms with Gasteiger partial charge in [0.15, 0.2) is 0 Å². The number of carboxylic acids is 1. The summed E-state index contributed by atoms with van der Waals surface area (Å²) in [7, 11) is 0. The van der Waals surface area contributed by atoms with Crippen LogP contribution in [0.1, 0.15) is 6.42 Å². The molecule has 0 aliphatic rings. The lowest BCUT2D eigenvalue weighted by atomic mass is 10.5. The molecule has 0 saturated carbocycles. The van der Waals surface area contributed by atoms with Gasteiger partial charge in [0.1, 0.15) is 5.37 Å². The smallest absolute Gasteiger partial charge is 0.330 e. The number of hydrogen-bond acceptors (Lipinski definition) is 4. The molecular formula is C5H12N2O2S. The summed E-state index contributed by atoms with van der Waals surface area (Å²) in [6.45, 7) is 0.583. The Morgan fingerprint density at radius 3 is 2.70 bits per heavy atom. The zero-order chi connectivity index (χ0) is 7.98. The van der Waals surface area contributed by atoms with Gasteiger partial charge < -0.3 is 16.6 Å². The molecule has 0 aliphatic carbocycles. The van der Waals surface area contributed by atoms with Crippen LogP contribution in [0.3, 0.4) is 0 Å². The van der Waals surface area contributed by atoms with E-state index in [0.717, 1.165) is 6.42 Å². The minimum atomic E-state index is -0.970. The molecule has 1 unspecified atom stereocenters. The fourth-order valence-corrected chi connectivity index (χ4v) is 1.09. The first-order valence-electron chi connectivity index (χ1n) is 2.98. The van der Waals surface area contributed by atoms with Crippen LogP contribution in [0.15, 0.2) is 0 Å². The molecule has 0 saturated heterocycles. The summed E-state index contributed by atoms with van der Waals surface area (Å²) >= 11 is 1.21. The summed E-state index contributed by atoms with van der Waals surface area (Å²) in [4.78, 5) is 10.1. The largest absolute Gasteiger partial charge is 0.479 e. The second kappa shape index (κ2) is 5.52. The third kappa shape index (κ3) is 4.60. The standard InChI is InChI=1S/C5H12N2O2S/c6-2-1-3-10-4(7)5(8)9/h4H,1-3,6-7H2,(H,8,9). The SMILES string of the molecule is NCCCSC(N)C(=O)O. The number of carbonyl (C=O) groups is 1. The van der Waals surface area contributed by atoms with E-state index in [9.17, 15) is 4.79 Å². The first kappa shape index (κ1) is 9.74. The molecule has 0 aliphatic heterocycles. The molecule has 0 rings (SSSR count). The quantitative estimate of drug-likeness (QED) is 0.374. The Labute approximate surface area is 64.0 Å². The fraction of sp³-hybridized carbons (Fsp3) is 0.800. The van der Waals surface area contributed by atoms with Crippen LogP contribution in [0.2, 0.25) is 0 Å². The summed E-state index contributed by atoms with van der Waals surface area (Å²) in [5.74, 6) is -0.258. The third-order valence-electron chi connectivity index (χ3n) is 0.889. The molecule has 0 spiro atoms. The highest BCUT2D eigenvalue weighted by Crippen LogP contribution is 2.05. The zero-order valence-electron chi connectivity index (χ0n) is 5.62. The third-order valence-corrected chi connectivity index (χ3v) is 1.97. The molecule has 5 N–H and O–H groups in total. The molecule has 0 amide bonds. The second-order valence-corrected chi connectivity index (χ2v) is 3.02. The number of hydrogen-bond donors (Lipinski definition) is 3. The molecule has 1 atom stereocenters. The summed E-state index contributed by atoms with van der Waals surface area (Å²) in [5.41, 5.74) is 10.4. The average molecular weight is 164 g/mol. The maximum atomic E-state index is 10.1. The van der Waals surface area contributed by atoms with Crippen LogP contribution in [0.5, 0.6) is 0 Å². The number of nitrogens with two attached hydrogens (primary N) is 2. The van der Waals surface area contributed by atoms with E-state index in [0.29, 0.717) is 12.3 Å². The van der Waals surface area contributed by atoms with Gasteiger partial charge in [-0.2, -0.15) is 0 Å². The van der Waals surface area contributed by atoms with Crippen molar-refractivity contribution in [2.75, 3.05) is 12.3 Å². The lowest BCUT2D eigenvalue weighted by Crippen LogP contribution is -2.26. The molecule has 0 bridgehead atoms. The number of carboxylic acid groups (broad SMARTS) is 1. The van der Waals surface area contributed by atoms with Crippen LogP contribution >= 0.6 is 11.8 Å². The summed E-state index contributed by atoms with van der Waals surface area (Å²) < 4.78 is 0. The lowest BCUT2D eigenvalue weighted by Gasteiger charge is -2.03. The van der Waals surface area contributed by atoms with Crippen molar-refractivity contribution in [3.8, 4) is 0 Å². The summed E-state index contributed by atoms with van der Waals surface area (Å²) in [6, 6.07) is 0. The number of rotatable bonds is 5. The molecule has 0 heterocycles. The maximum Gasteiger partial charge on any atom is 0.330 e. The van der Waals surface area contributed by atoms with E-state index >= 15 is 0 Å². The highest BCUT2D eigenvalue weighted by Gasteiger charge is 2.09. The molecule has 10 heavy (non-hydrogen) atoms. The van der Waals surface area contributed by atoms with Gasteiger partial charge in [-0.3, -0.25) is 0 Å². The van der Waals surface area contributed by atoms with Gasteiger partial charge >= 0.3 is 5.97 Å². The monoisotopic (exact) mass is 164 g/mol. The van der Waals surface area contributed by atoms with E-state index < -0.39 is 11.3 Å². The zero-order valence-corrected chi connectivity index (χ0v) is 6.43. The molecule has 0 aromatic rings. The van der Waals surface area contributed by atoms with Crippen LogP contribution in [0.25, 0.3) is 0 Å². The number of aliphatic carboxylic acids is 1. The molecule has 0 aromatic carbocycles. The van der Waals surface area contributed by atoms with Crippen molar-refractivity contribution < 1.29 is 9.90 Å². The van der Waals surface area contributed by atoms with Crippen molar-refractivity contribution in [1.82, 2.24) is 0 Å². The predicted octanol–water partition coefficient (Wildman–Crippen LogP) is -0.562. The van der Waals surface area contributed by atoms with Crippen molar-refractivity contribution >= 4 is 17.7 Å². The van der Waals surface area contributed by atoms with Gasteiger partial charge in [0.05, 0.1) is 0 Å². The summed E-state index contributed by atoms with van der Waals surface area (Å²) in [5, 5.41) is 7.50. The molecule has 60 valence electrons. The van der Waals surface area contributed by atoms with E-state index in [1.807, 2.05) is 0 Å². The van der Waals surface area contributed by atoms with Gasteiger partial charge in [0.2, 0.25) is 0 Å². The van der Waals surface area contributed by atoms with Gasteiger partial charge in [0.25, 0.3) is 0 Å². The van der Waals surface area contributed by atoms with Gasteiger partial charge in [0, 0.05) is 0 Å². The van der Waals surface area contributed by atoms with Gasteiger partial charge in [-0.15, -0.1) is 11.8 Å².